The number of aliphatic hydroxyl groups excluding tert-OH is 1. The standard InChI is InChI=1S/C20H18FN5O2/c1-25(2)20(28)26-17(10-16(11-22)24-26)9-13-4-3-7-23-19(13)18-6-5-15(21)8-14(18)12-27/h3-8,10,27H,9,12H2,1-2H3. The smallest absolute Gasteiger partial charge is 0.344 e. The highest BCUT2D eigenvalue weighted by atomic mass is 19.1. The van der Waals surface area contributed by atoms with Crippen molar-refractivity contribution in [1.82, 2.24) is 19.7 Å². The van der Waals surface area contributed by atoms with Crippen molar-refractivity contribution in [2.75, 3.05) is 14.1 Å². The molecule has 1 amide bonds. The van der Waals surface area contributed by atoms with E-state index in [0.717, 1.165) is 5.56 Å². The van der Waals surface area contributed by atoms with Crippen LogP contribution >= 0.6 is 0 Å². The number of benzene rings is 1. The first-order chi connectivity index (χ1) is 13.4. The summed E-state index contributed by atoms with van der Waals surface area (Å²) in [6, 6.07) is 10.8. The number of amides is 1. The van der Waals surface area contributed by atoms with Gasteiger partial charge in [0.2, 0.25) is 0 Å². The molecule has 0 aliphatic heterocycles. The molecule has 0 spiro atoms. The molecule has 0 aliphatic carbocycles. The largest absolute Gasteiger partial charge is 0.392 e. The number of nitrogens with zero attached hydrogens (tertiary/aromatic N) is 5. The zero-order valence-electron chi connectivity index (χ0n) is 15.4. The Hall–Kier alpha value is -3.57. The summed E-state index contributed by atoms with van der Waals surface area (Å²) in [7, 11) is 3.20. The molecule has 0 aliphatic rings. The van der Waals surface area contributed by atoms with Crippen LogP contribution in [-0.2, 0) is 13.0 Å². The second kappa shape index (κ2) is 7.98. The first-order valence-corrected chi connectivity index (χ1v) is 8.48. The summed E-state index contributed by atoms with van der Waals surface area (Å²) in [5.41, 5.74) is 2.99. The third-order valence-corrected chi connectivity index (χ3v) is 4.22. The van der Waals surface area contributed by atoms with Gasteiger partial charge in [-0.3, -0.25) is 4.98 Å². The molecule has 142 valence electrons. The maximum Gasteiger partial charge on any atom is 0.344 e. The van der Waals surface area contributed by atoms with Crippen LogP contribution in [0, 0.1) is 17.1 Å². The summed E-state index contributed by atoms with van der Waals surface area (Å²) in [6.45, 7) is -0.335. The molecule has 2 heterocycles. The van der Waals surface area contributed by atoms with Crippen LogP contribution in [0.25, 0.3) is 11.3 Å². The van der Waals surface area contributed by atoms with Crippen LogP contribution in [0.5, 0.6) is 0 Å². The Balaban J connectivity index is 2.08. The zero-order valence-corrected chi connectivity index (χ0v) is 15.4. The number of pyridine rings is 1. The number of nitriles is 1. The van der Waals surface area contributed by atoms with Crippen LogP contribution < -0.4 is 0 Å². The lowest BCUT2D eigenvalue weighted by atomic mass is 9.98. The van der Waals surface area contributed by atoms with Gasteiger partial charge in [0.25, 0.3) is 0 Å². The van der Waals surface area contributed by atoms with Gasteiger partial charge in [0.05, 0.1) is 18.0 Å². The van der Waals surface area contributed by atoms with Crippen LogP contribution in [0.2, 0.25) is 0 Å². The molecule has 1 aromatic carbocycles. The zero-order chi connectivity index (χ0) is 20.3. The number of aliphatic hydroxyl groups is 1. The maximum atomic E-state index is 13.5. The van der Waals surface area contributed by atoms with E-state index in [1.54, 1.807) is 38.5 Å². The lowest BCUT2D eigenvalue weighted by molar-refractivity contribution is 0.215. The molecule has 28 heavy (non-hydrogen) atoms. The monoisotopic (exact) mass is 379 g/mol. The Morgan fingerprint density at radius 3 is 2.75 bits per heavy atom. The first-order valence-electron chi connectivity index (χ1n) is 8.48. The summed E-state index contributed by atoms with van der Waals surface area (Å²) in [4.78, 5) is 18.2. The van der Waals surface area contributed by atoms with Crippen molar-refractivity contribution in [1.29, 1.82) is 5.26 Å². The average Bonchev–Trinajstić information content (AvgIpc) is 3.10. The van der Waals surface area contributed by atoms with Gasteiger partial charge in [0.1, 0.15) is 11.9 Å². The van der Waals surface area contributed by atoms with E-state index in [1.807, 2.05) is 12.1 Å². The van der Waals surface area contributed by atoms with Gasteiger partial charge in [0, 0.05) is 32.3 Å². The Morgan fingerprint density at radius 2 is 2.07 bits per heavy atom. The SMILES string of the molecule is CN(C)C(=O)n1nc(C#N)cc1Cc1cccnc1-c1ccc(F)cc1CO. The predicted octanol–water partition coefficient (Wildman–Crippen LogP) is 2.57. The van der Waals surface area contributed by atoms with Crippen molar-refractivity contribution in [2.45, 2.75) is 13.0 Å². The van der Waals surface area contributed by atoms with Gasteiger partial charge in [-0.15, -0.1) is 0 Å². The number of hydrogen-bond acceptors (Lipinski definition) is 5. The highest BCUT2D eigenvalue weighted by molar-refractivity contribution is 5.76. The predicted molar refractivity (Wildman–Crippen MR) is 99.8 cm³/mol. The lowest BCUT2D eigenvalue weighted by Crippen LogP contribution is -2.29. The van der Waals surface area contributed by atoms with E-state index in [2.05, 4.69) is 10.1 Å². The molecule has 0 saturated heterocycles. The summed E-state index contributed by atoms with van der Waals surface area (Å²) in [6.07, 6.45) is 1.88. The van der Waals surface area contributed by atoms with Gasteiger partial charge in [-0.2, -0.15) is 15.0 Å². The lowest BCUT2D eigenvalue weighted by Gasteiger charge is -2.14. The molecule has 8 heteroatoms. The highest BCUT2D eigenvalue weighted by Crippen LogP contribution is 2.28. The molecule has 3 rings (SSSR count). The molecule has 0 radical (unpaired) electrons. The number of rotatable bonds is 4. The van der Waals surface area contributed by atoms with E-state index in [-0.39, 0.29) is 24.8 Å². The molecule has 1 N–H and O–H groups in total. The second-order valence-corrected chi connectivity index (χ2v) is 6.37. The van der Waals surface area contributed by atoms with E-state index in [0.29, 0.717) is 22.5 Å². The molecule has 0 bridgehead atoms. The van der Waals surface area contributed by atoms with Crippen LogP contribution in [0.4, 0.5) is 9.18 Å². The normalized spacial score (nSPS) is 10.5. The fourth-order valence-corrected chi connectivity index (χ4v) is 2.90. The van der Waals surface area contributed by atoms with Crippen molar-refractivity contribution >= 4 is 6.03 Å². The van der Waals surface area contributed by atoms with Gasteiger partial charge >= 0.3 is 6.03 Å². The molecular formula is C20H18FN5O2. The Labute approximate surface area is 161 Å². The second-order valence-electron chi connectivity index (χ2n) is 6.37. The minimum Gasteiger partial charge on any atom is -0.392 e. The number of hydrogen-bond donors (Lipinski definition) is 1. The van der Waals surface area contributed by atoms with Crippen molar-refractivity contribution in [2.24, 2.45) is 0 Å². The molecular weight excluding hydrogens is 361 g/mol. The van der Waals surface area contributed by atoms with Gasteiger partial charge in [0.15, 0.2) is 5.69 Å². The minimum atomic E-state index is -0.446. The minimum absolute atomic E-state index is 0.133. The Bertz CT molecular complexity index is 1070. The number of carbonyl (C=O) groups is 1. The van der Waals surface area contributed by atoms with E-state index < -0.39 is 5.82 Å². The van der Waals surface area contributed by atoms with E-state index >= 15 is 0 Å². The highest BCUT2D eigenvalue weighted by Gasteiger charge is 2.19. The molecule has 7 nitrogen and oxygen atoms in total. The topological polar surface area (TPSA) is 95.0 Å². The molecule has 3 aromatic rings. The van der Waals surface area contributed by atoms with Crippen molar-refractivity contribution in [3.63, 3.8) is 0 Å². The molecule has 2 aromatic heterocycles. The van der Waals surface area contributed by atoms with Crippen LogP contribution in [0.3, 0.4) is 0 Å². The number of aromatic nitrogens is 3. The van der Waals surface area contributed by atoms with Crippen LogP contribution in [0.1, 0.15) is 22.5 Å². The first kappa shape index (κ1) is 19.2. The van der Waals surface area contributed by atoms with E-state index in [1.165, 1.54) is 21.7 Å². The molecule has 0 atom stereocenters. The number of halogens is 1. The van der Waals surface area contributed by atoms with Gasteiger partial charge in [-0.1, -0.05) is 6.07 Å². The Kier molecular flexibility index (Phi) is 5.47. The van der Waals surface area contributed by atoms with Crippen molar-refractivity contribution in [3.8, 4) is 17.3 Å². The quantitative estimate of drug-likeness (QED) is 0.752. The molecule has 0 saturated carbocycles. The van der Waals surface area contributed by atoms with E-state index in [9.17, 15) is 14.3 Å². The van der Waals surface area contributed by atoms with Crippen molar-refractivity contribution < 1.29 is 14.3 Å². The van der Waals surface area contributed by atoms with Crippen LogP contribution in [0.15, 0.2) is 42.6 Å². The fourth-order valence-electron chi connectivity index (χ4n) is 2.90. The number of carbonyl (C=O) groups excluding carboxylic acids is 1. The molecule has 0 unspecified atom stereocenters. The van der Waals surface area contributed by atoms with E-state index in [4.69, 9.17) is 5.26 Å². The molecule has 0 fully saturated rings. The summed E-state index contributed by atoms with van der Waals surface area (Å²) >= 11 is 0. The van der Waals surface area contributed by atoms with Crippen molar-refractivity contribution in [3.05, 3.63) is 70.9 Å². The maximum absolute atomic E-state index is 13.5. The van der Waals surface area contributed by atoms with Crippen LogP contribution in [-0.4, -0.2) is 44.9 Å². The van der Waals surface area contributed by atoms with Gasteiger partial charge in [-0.25, -0.2) is 9.18 Å². The third kappa shape index (κ3) is 3.75. The Morgan fingerprint density at radius 1 is 1.29 bits per heavy atom. The fraction of sp³-hybridized carbons (Fsp3) is 0.200. The summed E-state index contributed by atoms with van der Waals surface area (Å²) in [5.74, 6) is -0.446. The van der Waals surface area contributed by atoms with Gasteiger partial charge < -0.3 is 10.0 Å². The van der Waals surface area contributed by atoms with Gasteiger partial charge in [-0.05, 0) is 41.5 Å². The summed E-state index contributed by atoms with van der Waals surface area (Å²) in [5, 5.41) is 22.8. The summed E-state index contributed by atoms with van der Waals surface area (Å²) < 4.78 is 14.7. The third-order valence-electron chi connectivity index (χ3n) is 4.22. The average molecular weight is 379 g/mol.